The molecule has 2 rings (SSSR count). The van der Waals surface area contributed by atoms with Gasteiger partial charge in [-0.15, -0.1) is 0 Å². The molecule has 0 aliphatic carbocycles. The van der Waals surface area contributed by atoms with Gasteiger partial charge in [0.05, 0.1) is 4.47 Å². The van der Waals surface area contributed by atoms with E-state index >= 15 is 0 Å². The molecule has 1 atom stereocenters. The van der Waals surface area contributed by atoms with Crippen LogP contribution in [0, 0.1) is 5.82 Å². The third-order valence-corrected chi connectivity index (χ3v) is 4.37. The van der Waals surface area contributed by atoms with Crippen LogP contribution >= 0.6 is 15.9 Å². The molecule has 1 amide bonds. The van der Waals surface area contributed by atoms with Crippen LogP contribution in [0.15, 0.2) is 22.7 Å². The first-order valence-corrected chi connectivity index (χ1v) is 7.87. The van der Waals surface area contributed by atoms with E-state index in [1.165, 1.54) is 18.2 Å². The van der Waals surface area contributed by atoms with E-state index in [9.17, 15) is 9.18 Å². The second kappa shape index (κ2) is 7.22. The van der Waals surface area contributed by atoms with Gasteiger partial charge >= 0.3 is 0 Å². The Bertz CT molecular complexity index is 506. The predicted octanol–water partition coefficient (Wildman–Crippen LogP) is 2.57. The van der Waals surface area contributed by atoms with Gasteiger partial charge in [-0.25, -0.2) is 4.39 Å². The molecule has 1 unspecified atom stereocenters. The Labute approximate surface area is 132 Å². The third-order valence-electron chi connectivity index (χ3n) is 3.75. The molecule has 1 saturated heterocycles. The van der Waals surface area contributed by atoms with Gasteiger partial charge in [0.2, 0.25) is 0 Å². The largest absolute Gasteiger partial charge is 0.480 e. The molecule has 116 valence electrons. The van der Waals surface area contributed by atoms with Crippen molar-refractivity contribution in [3.63, 3.8) is 0 Å². The second-order valence-electron chi connectivity index (χ2n) is 5.27. The molecular formula is C15H20BrFN2O2. The molecule has 21 heavy (non-hydrogen) atoms. The Balaban J connectivity index is 1.98. The van der Waals surface area contributed by atoms with E-state index in [1.54, 1.807) is 11.8 Å². The number of rotatable bonds is 4. The maximum Gasteiger partial charge on any atom is 0.263 e. The molecule has 0 spiro atoms. The van der Waals surface area contributed by atoms with Gasteiger partial charge in [0.25, 0.3) is 5.91 Å². The predicted molar refractivity (Wildman–Crippen MR) is 82.9 cm³/mol. The standard InChI is InChI=1S/C15H20BrFN2O2/c1-10(21-14-4-3-11(17)9-13(14)16)15(20)19(2)12-5-7-18-8-6-12/h3-4,9-10,12,18H,5-8H2,1-2H3. The fraction of sp³-hybridized carbons (Fsp3) is 0.533. The van der Waals surface area contributed by atoms with Crippen molar-refractivity contribution in [1.29, 1.82) is 0 Å². The molecular weight excluding hydrogens is 339 g/mol. The number of nitrogens with one attached hydrogen (secondary N) is 1. The van der Waals surface area contributed by atoms with Gasteiger partial charge in [-0.2, -0.15) is 0 Å². The molecule has 1 aromatic carbocycles. The van der Waals surface area contributed by atoms with Crippen molar-refractivity contribution in [3.05, 3.63) is 28.5 Å². The van der Waals surface area contributed by atoms with Gasteiger partial charge in [0, 0.05) is 13.1 Å². The van der Waals surface area contributed by atoms with E-state index in [1.807, 2.05) is 7.05 Å². The first-order chi connectivity index (χ1) is 9.99. The van der Waals surface area contributed by atoms with Crippen molar-refractivity contribution in [2.75, 3.05) is 20.1 Å². The highest BCUT2D eigenvalue weighted by molar-refractivity contribution is 9.10. The van der Waals surface area contributed by atoms with Crippen molar-refractivity contribution >= 4 is 21.8 Å². The Kier molecular flexibility index (Phi) is 5.58. The van der Waals surface area contributed by atoms with Crippen molar-refractivity contribution in [2.45, 2.75) is 31.9 Å². The van der Waals surface area contributed by atoms with Gasteiger partial charge in [-0.1, -0.05) is 0 Å². The molecule has 0 bridgehead atoms. The molecule has 4 nitrogen and oxygen atoms in total. The van der Waals surface area contributed by atoms with E-state index in [-0.39, 0.29) is 17.8 Å². The summed E-state index contributed by atoms with van der Waals surface area (Å²) in [4.78, 5) is 14.2. The van der Waals surface area contributed by atoms with Crippen LogP contribution in [-0.4, -0.2) is 43.1 Å². The lowest BCUT2D eigenvalue weighted by atomic mass is 10.0. The number of carbonyl (C=O) groups is 1. The Morgan fingerprint density at radius 3 is 2.76 bits per heavy atom. The van der Waals surface area contributed by atoms with E-state index < -0.39 is 6.10 Å². The normalized spacial score (nSPS) is 17.3. The van der Waals surface area contributed by atoms with Crippen LogP contribution in [0.2, 0.25) is 0 Å². The van der Waals surface area contributed by atoms with E-state index in [0.29, 0.717) is 10.2 Å². The van der Waals surface area contributed by atoms with Gasteiger partial charge < -0.3 is 15.0 Å². The quantitative estimate of drug-likeness (QED) is 0.899. The summed E-state index contributed by atoms with van der Waals surface area (Å²) in [5, 5.41) is 3.28. The Morgan fingerprint density at radius 1 is 1.48 bits per heavy atom. The first kappa shape index (κ1) is 16.2. The number of amides is 1. The third kappa shape index (κ3) is 4.17. The minimum atomic E-state index is -0.605. The minimum Gasteiger partial charge on any atom is -0.480 e. The number of nitrogens with zero attached hydrogens (tertiary/aromatic N) is 1. The summed E-state index contributed by atoms with van der Waals surface area (Å²) in [5.74, 6) is 0.0640. The van der Waals surface area contributed by atoms with Gasteiger partial charge in [-0.3, -0.25) is 4.79 Å². The maximum atomic E-state index is 13.0. The van der Waals surface area contributed by atoms with Crippen LogP contribution in [0.3, 0.4) is 0 Å². The maximum absolute atomic E-state index is 13.0. The average molecular weight is 359 g/mol. The lowest BCUT2D eigenvalue weighted by Gasteiger charge is -2.33. The van der Waals surface area contributed by atoms with Crippen molar-refractivity contribution in [1.82, 2.24) is 10.2 Å². The number of hydrogen-bond acceptors (Lipinski definition) is 3. The fourth-order valence-electron chi connectivity index (χ4n) is 2.47. The number of hydrogen-bond donors (Lipinski definition) is 1. The van der Waals surface area contributed by atoms with Crippen LogP contribution in [0.5, 0.6) is 5.75 Å². The highest BCUT2D eigenvalue weighted by atomic mass is 79.9. The first-order valence-electron chi connectivity index (χ1n) is 7.08. The van der Waals surface area contributed by atoms with E-state index in [2.05, 4.69) is 21.2 Å². The summed E-state index contributed by atoms with van der Waals surface area (Å²) in [7, 11) is 1.82. The SMILES string of the molecule is CC(Oc1ccc(F)cc1Br)C(=O)N(C)C1CCNCC1. The summed E-state index contributed by atoms with van der Waals surface area (Å²) in [6.07, 6.45) is 1.30. The van der Waals surface area contributed by atoms with Gasteiger partial charge in [0.1, 0.15) is 11.6 Å². The molecule has 0 radical (unpaired) electrons. The fourth-order valence-corrected chi connectivity index (χ4v) is 2.92. The van der Waals surface area contributed by atoms with Crippen molar-refractivity contribution < 1.29 is 13.9 Å². The number of likely N-dealkylation sites (N-methyl/N-ethyl adjacent to an activating group) is 1. The smallest absolute Gasteiger partial charge is 0.263 e. The van der Waals surface area contributed by atoms with Crippen LogP contribution in [0.4, 0.5) is 4.39 Å². The average Bonchev–Trinajstić information content (AvgIpc) is 2.49. The summed E-state index contributed by atoms with van der Waals surface area (Å²) in [5.41, 5.74) is 0. The summed E-state index contributed by atoms with van der Waals surface area (Å²) < 4.78 is 19.2. The molecule has 1 heterocycles. The highest BCUT2D eigenvalue weighted by Gasteiger charge is 2.26. The molecule has 1 aromatic rings. The summed E-state index contributed by atoms with van der Waals surface area (Å²) in [6.45, 7) is 3.58. The molecule has 1 aliphatic heterocycles. The van der Waals surface area contributed by atoms with Gasteiger partial charge in [0.15, 0.2) is 6.10 Å². The molecule has 1 aliphatic rings. The zero-order valence-electron chi connectivity index (χ0n) is 12.2. The molecule has 0 aromatic heterocycles. The van der Waals surface area contributed by atoms with Gasteiger partial charge in [-0.05, 0) is 67.0 Å². The molecule has 1 fully saturated rings. The highest BCUT2D eigenvalue weighted by Crippen LogP contribution is 2.26. The topological polar surface area (TPSA) is 41.6 Å². The summed E-state index contributed by atoms with van der Waals surface area (Å²) >= 11 is 3.24. The number of benzene rings is 1. The zero-order chi connectivity index (χ0) is 15.4. The Hall–Kier alpha value is -1.14. The van der Waals surface area contributed by atoms with Crippen LogP contribution < -0.4 is 10.1 Å². The number of piperidine rings is 1. The van der Waals surface area contributed by atoms with Crippen molar-refractivity contribution in [2.24, 2.45) is 0 Å². The van der Waals surface area contributed by atoms with Crippen molar-refractivity contribution in [3.8, 4) is 5.75 Å². The number of halogens is 2. The molecule has 0 saturated carbocycles. The van der Waals surface area contributed by atoms with Crippen LogP contribution in [0.1, 0.15) is 19.8 Å². The Morgan fingerprint density at radius 2 is 2.14 bits per heavy atom. The number of ether oxygens (including phenoxy) is 1. The molecule has 6 heteroatoms. The monoisotopic (exact) mass is 358 g/mol. The van der Waals surface area contributed by atoms with Crippen LogP contribution in [-0.2, 0) is 4.79 Å². The lowest BCUT2D eigenvalue weighted by molar-refractivity contribution is -0.139. The minimum absolute atomic E-state index is 0.0573. The zero-order valence-corrected chi connectivity index (χ0v) is 13.8. The number of carbonyl (C=O) groups excluding carboxylic acids is 1. The lowest BCUT2D eigenvalue weighted by Crippen LogP contribution is -2.48. The summed E-state index contributed by atoms with van der Waals surface area (Å²) in [6, 6.07) is 4.41. The van der Waals surface area contributed by atoms with E-state index in [0.717, 1.165) is 25.9 Å². The van der Waals surface area contributed by atoms with Crippen LogP contribution in [0.25, 0.3) is 0 Å². The molecule has 1 N–H and O–H groups in total. The van der Waals surface area contributed by atoms with E-state index in [4.69, 9.17) is 4.74 Å². The second-order valence-corrected chi connectivity index (χ2v) is 6.12.